The van der Waals surface area contributed by atoms with Crippen LogP contribution in [0, 0.1) is 17.8 Å². The molecule has 0 heterocycles. The minimum Gasteiger partial charge on any atom is -0.0651 e. The molecule has 0 nitrogen and oxygen atoms in total. The molecule has 0 amide bonds. The first kappa shape index (κ1) is 17.7. The van der Waals surface area contributed by atoms with Crippen molar-refractivity contribution in [1.29, 1.82) is 0 Å². The van der Waals surface area contributed by atoms with Crippen LogP contribution in [0.5, 0.6) is 0 Å². The smallest absolute Gasteiger partial charge is 0.0181 e. The molecule has 130 valence electrons. The monoisotopic (exact) mass is 330 g/mol. The van der Waals surface area contributed by atoms with E-state index in [1.807, 2.05) is 0 Å². The van der Waals surface area contributed by atoms with Crippen LogP contribution in [0.1, 0.15) is 38.3 Å². The molecule has 25 heavy (non-hydrogen) atoms. The second-order valence-corrected chi connectivity index (χ2v) is 7.60. The maximum atomic E-state index is 2.44. The van der Waals surface area contributed by atoms with E-state index in [0.29, 0.717) is 5.92 Å². The standard InChI is InChI=1S/C25H30/c1-4-19(2)25(18-21-10-6-5-7-11-21)20(3)16-22-14-15-23-12-8-9-13-24(23)17-22/h5-15,17,19-20,25H,4,16,18H2,1-3H3. The van der Waals surface area contributed by atoms with E-state index in [0.717, 1.165) is 18.3 Å². The third kappa shape index (κ3) is 4.51. The summed E-state index contributed by atoms with van der Waals surface area (Å²) in [6.45, 7) is 7.19. The summed E-state index contributed by atoms with van der Waals surface area (Å²) in [5.74, 6) is 2.14. The largest absolute Gasteiger partial charge is 0.0651 e. The molecule has 0 aliphatic rings. The number of benzene rings is 3. The Morgan fingerprint density at radius 2 is 1.32 bits per heavy atom. The predicted molar refractivity (Wildman–Crippen MR) is 110 cm³/mol. The molecular weight excluding hydrogens is 300 g/mol. The van der Waals surface area contributed by atoms with Crippen molar-refractivity contribution in [2.24, 2.45) is 17.8 Å². The highest BCUT2D eigenvalue weighted by Crippen LogP contribution is 2.30. The minimum atomic E-state index is 0.677. The zero-order valence-corrected chi connectivity index (χ0v) is 15.8. The summed E-state index contributed by atoms with van der Waals surface area (Å²) in [5.41, 5.74) is 2.94. The van der Waals surface area contributed by atoms with Crippen molar-refractivity contribution in [3.63, 3.8) is 0 Å². The molecule has 3 unspecified atom stereocenters. The molecule has 0 aliphatic heterocycles. The average Bonchev–Trinajstić information content (AvgIpc) is 2.66. The lowest BCUT2D eigenvalue weighted by molar-refractivity contribution is 0.245. The Balaban J connectivity index is 1.77. The van der Waals surface area contributed by atoms with Gasteiger partial charge in [-0.25, -0.2) is 0 Å². The van der Waals surface area contributed by atoms with Crippen molar-refractivity contribution in [2.45, 2.75) is 40.0 Å². The van der Waals surface area contributed by atoms with E-state index in [9.17, 15) is 0 Å². The van der Waals surface area contributed by atoms with E-state index < -0.39 is 0 Å². The number of fused-ring (bicyclic) bond motifs is 1. The van der Waals surface area contributed by atoms with Gasteiger partial charge in [-0.05, 0) is 52.5 Å². The fraction of sp³-hybridized carbons (Fsp3) is 0.360. The van der Waals surface area contributed by atoms with E-state index in [2.05, 4.69) is 93.6 Å². The van der Waals surface area contributed by atoms with Gasteiger partial charge in [0.1, 0.15) is 0 Å². The Hall–Kier alpha value is -2.08. The van der Waals surface area contributed by atoms with Gasteiger partial charge >= 0.3 is 0 Å². The lowest BCUT2D eigenvalue weighted by Crippen LogP contribution is -2.23. The molecule has 0 saturated heterocycles. The summed E-state index contributed by atoms with van der Waals surface area (Å²) in [6, 6.07) is 26.6. The molecule has 3 aromatic carbocycles. The second kappa shape index (κ2) is 8.34. The molecule has 0 fully saturated rings. The van der Waals surface area contributed by atoms with Crippen molar-refractivity contribution in [3.8, 4) is 0 Å². The maximum Gasteiger partial charge on any atom is -0.0181 e. The zero-order chi connectivity index (χ0) is 17.6. The van der Waals surface area contributed by atoms with Gasteiger partial charge in [0.2, 0.25) is 0 Å². The van der Waals surface area contributed by atoms with Crippen molar-refractivity contribution in [1.82, 2.24) is 0 Å². The van der Waals surface area contributed by atoms with Crippen molar-refractivity contribution in [3.05, 3.63) is 83.9 Å². The third-order valence-corrected chi connectivity index (χ3v) is 5.79. The molecular formula is C25H30. The van der Waals surface area contributed by atoms with Gasteiger partial charge in [0.25, 0.3) is 0 Å². The van der Waals surface area contributed by atoms with Crippen LogP contribution in [-0.4, -0.2) is 0 Å². The van der Waals surface area contributed by atoms with E-state index >= 15 is 0 Å². The summed E-state index contributed by atoms with van der Waals surface area (Å²) in [5, 5.41) is 2.69. The molecule has 0 aromatic heterocycles. The van der Waals surface area contributed by atoms with Crippen LogP contribution < -0.4 is 0 Å². The van der Waals surface area contributed by atoms with Crippen LogP contribution in [0.4, 0.5) is 0 Å². The maximum absolute atomic E-state index is 2.44. The SMILES string of the molecule is CCC(C)C(Cc1ccccc1)C(C)Cc1ccc2ccccc2c1. The Labute approximate surface area is 152 Å². The number of hydrogen-bond donors (Lipinski definition) is 0. The molecule has 0 spiro atoms. The minimum absolute atomic E-state index is 0.677. The normalized spacial score (nSPS) is 15.0. The summed E-state index contributed by atoms with van der Waals surface area (Å²) < 4.78 is 0. The highest BCUT2D eigenvalue weighted by atomic mass is 14.3. The van der Waals surface area contributed by atoms with Gasteiger partial charge in [-0.1, -0.05) is 100.0 Å². The van der Waals surface area contributed by atoms with E-state index in [1.165, 1.54) is 34.7 Å². The van der Waals surface area contributed by atoms with Gasteiger partial charge in [0.05, 0.1) is 0 Å². The first-order valence-corrected chi connectivity index (χ1v) is 9.69. The fourth-order valence-electron chi connectivity index (χ4n) is 4.04. The predicted octanol–water partition coefficient (Wildman–Crippen LogP) is 6.92. The molecule has 0 bridgehead atoms. The Morgan fingerprint density at radius 3 is 2.04 bits per heavy atom. The van der Waals surface area contributed by atoms with Crippen molar-refractivity contribution in [2.75, 3.05) is 0 Å². The summed E-state index contributed by atoms with van der Waals surface area (Å²) in [6.07, 6.45) is 3.59. The van der Waals surface area contributed by atoms with E-state index in [1.54, 1.807) is 0 Å². The fourth-order valence-corrected chi connectivity index (χ4v) is 4.04. The molecule has 0 N–H and O–H groups in total. The molecule has 0 aliphatic carbocycles. The van der Waals surface area contributed by atoms with Crippen LogP contribution in [-0.2, 0) is 12.8 Å². The number of rotatable bonds is 7. The molecule has 3 aromatic rings. The first-order valence-electron chi connectivity index (χ1n) is 9.69. The molecule has 3 rings (SSSR count). The van der Waals surface area contributed by atoms with Gasteiger partial charge < -0.3 is 0 Å². The topological polar surface area (TPSA) is 0 Å². The quantitative estimate of drug-likeness (QED) is 0.441. The summed E-state index contributed by atoms with van der Waals surface area (Å²) in [4.78, 5) is 0. The Kier molecular flexibility index (Phi) is 5.91. The van der Waals surface area contributed by atoms with Gasteiger partial charge in [-0.15, -0.1) is 0 Å². The van der Waals surface area contributed by atoms with Crippen molar-refractivity contribution >= 4 is 10.8 Å². The first-order chi connectivity index (χ1) is 12.2. The third-order valence-electron chi connectivity index (χ3n) is 5.79. The second-order valence-electron chi connectivity index (χ2n) is 7.60. The lowest BCUT2D eigenvalue weighted by Gasteiger charge is -2.29. The van der Waals surface area contributed by atoms with Crippen LogP contribution >= 0.6 is 0 Å². The van der Waals surface area contributed by atoms with Crippen LogP contribution in [0.3, 0.4) is 0 Å². The van der Waals surface area contributed by atoms with Crippen LogP contribution in [0.15, 0.2) is 72.8 Å². The van der Waals surface area contributed by atoms with Crippen LogP contribution in [0.2, 0.25) is 0 Å². The van der Waals surface area contributed by atoms with Gasteiger partial charge in [0, 0.05) is 0 Å². The average molecular weight is 331 g/mol. The zero-order valence-electron chi connectivity index (χ0n) is 15.8. The molecule has 0 radical (unpaired) electrons. The molecule has 3 atom stereocenters. The van der Waals surface area contributed by atoms with Crippen molar-refractivity contribution < 1.29 is 0 Å². The summed E-state index contributed by atoms with van der Waals surface area (Å²) in [7, 11) is 0. The van der Waals surface area contributed by atoms with Gasteiger partial charge in [-0.2, -0.15) is 0 Å². The lowest BCUT2D eigenvalue weighted by atomic mass is 9.76. The number of hydrogen-bond acceptors (Lipinski definition) is 0. The van der Waals surface area contributed by atoms with Gasteiger partial charge in [-0.3, -0.25) is 0 Å². The molecule has 0 heteroatoms. The van der Waals surface area contributed by atoms with Crippen LogP contribution in [0.25, 0.3) is 10.8 Å². The highest BCUT2D eigenvalue weighted by molar-refractivity contribution is 5.82. The Bertz CT molecular complexity index is 787. The van der Waals surface area contributed by atoms with E-state index in [-0.39, 0.29) is 0 Å². The highest BCUT2D eigenvalue weighted by Gasteiger charge is 2.23. The van der Waals surface area contributed by atoms with E-state index in [4.69, 9.17) is 0 Å². The Morgan fingerprint density at radius 1 is 0.640 bits per heavy atom. The van der Waals surface area contributed by atoms with Gasteiger partial charge in [0.15, 0.2) is 0 Å². The summed E-state index contributed by atoms with van der Waals surface area (Å²) >= 11 is 0. The molecule has 0 saturated carbocycles.